The van der Waals surface area contributed by atoms with Gasteiger partial charge in [-0.3, -0.25) is 0 Å². The van der Waals surface area contributed by atoms with Gasteiger partial charge >= 0.3 is 0 Å². The monoisotopic (exact) mass is 183 g/mol. The van der Waals surface area contributed by atoms with Crippen LogP contribution in [0.2, 0.25) is 0 Å². The van der Waals surface area contributed by atoms with E-state index in [0.717, 1.165) is 0 Å². The van der Waals surface area contributed by atoms with Gasteiger partial charge in [-0.15, -0.1) is 6.58 Å². The first-order valence-corrected chi connectivity index (χ1v) is 3.98. The molecule has 1 aromatic rings. The molecule has 1 atom stereocenters. The third kappa shape index (κ3) is 2.28. The summed E-state index contributed by atoms with van der Waals surface area (Å²) in [6.45, 7) is 5.27. The van der Waals surface area contributed by atoms with Crippen molar-refractivity contribution in [2.24, 2.45) is 0 Å². The zero-order valence-electron chi connectivity index (χ0n) is 7.35. The number of rotatable bonds is 3. The Labute approximate surface area is 76.1 Å². The van der Waals surface area contributed by atoms with E-state index in [9.17, 15) is 8.78 Å². The van der Waals surface area contributed by atoms with E-state index in [0.29, 0.717) is 0 Å². The van der Waals surface area contributed by atoms with Gasteiger partial charge < -0.3 is 5.32 Å². The van der Waals surface area contributed by atoms with Crippen LogP contribution in [0.4, 0.5) is 14.5 Å². The number of halogens is 2. The number of anilines is 1. The van der Waals surface area contributed by atoms with Crippen molar-refractivity contribution >= 4 is 5.69 Å². The minimum atomic E-state index is -0.589. The van der Waals surface area contributed by atoms with Crippen molar-refractivity contribution in [2.45, 2.75) is 13.0 Å². The highest BCUT2D eigenvalue weighted by molar-refractivity contribution is 5.47. The van der Waals surface area contributed by atoms with Gasteiger partial charge in [0.2, 0.25) is 0 Å². The number of hydrogen-bond donors (Lipinski definition) is 1. The average molecular weight is 183 g/mol. The normalized spacial score (nSPS) is 12.2. The summed E-state index contributed by atoms with van der Waals surface area (Å²) in [5.74, 6) is -1.18. The maximum absolute atomic E-state index is 13.0. The molecule has 13 heavy (non-hydrogen) atoms. The van der Waals surface area contributed by atoms with Gasteiger partial charge in [-0.05, 0) is 19.1 Å². The average Bonchev–Trinajstić information content (AvgIpc) is 2.11. The standard InChI is InChI=1S/C10H11F2N/c1-3-7(2)13-10-8(11)5-4-6-9(10)12/h3-7,13H,1H2,2H3. The van der Waals surface area contributed by atoms with Crippen LogP contribution in [0.1, 0.15) is 6.92 Å². The van der Waals surface area contributed by atoms with Gasteiger partial charge in [-0.25, -0.2) is 8.78 Å². The molecule has 1 aromatic carbocycles. The van der Waals surface area contributed by atoms with E-state index in [4.69, 9.17) is 0 Å². The summed E-state index contributed by atoms with van der Waals surface area (Å²) in [6, 6.07) is 3.59. The van der Waals surface area contributed by atoms with Crippen LogP contribution in [0.3, 0.4) is 0 Å². The maximum atomic E-state index is 13.0. The minimum Gasteiger partial charge on any atom is -0.374 e. The molecule has 1 rings (SSSR count). The summed E-state index contributed by atoms with van der Waals surface area (Å²) in [6.07, 6.45) is 1.58. The quantitative estimate of drug-likeness (QED) is 0.710. The van der Waals surface area contributed by atoms with Crippen LogP contribution in [0, 0.1) is 11.6 Å². The summed E-state index contributed by atoms with van der Waals surface area (Å²) >= 11 is 0. The second kappa shape index (κ2) is 4.03. The summed E-state index contributed by atoms with van der Waals surface area (Å²) in [5, 5.41) is 2.66. The fraction of sp³-hybridized carbons (Fsp3) is 0.200. The Morgan fingerprint density at radius 2 is 1.92 bits per heavy atom. The molecule has 3 heteroatoms. The van der Waals surface area contributed by atoms with Crippen molar-refractivity contribution in [1.82, 2.24) is 0 Å². The fourth-order valence-corrected chi connectivity index (χ4v) is 0.922. The Hall–Kier alpha value is -1.38. The van der Waals surface area contributed by atoms with Crippen molar-refractivity contribution in [3.8, 4) is 0 Å². The molecule has 0 aliphatic carbocycles. The van der Waals surface area contributed by atoms with Crippen LogP contribution < -0.4 is 5.32 Å². The molecule has 0 saturated carbocycles. The molecule has 0 bridgehead atoms. The topological polar surface area (TPSA) is 12.0 Å². The molecule has 70 valence electrons. The van der Waals surface area contributed by atoms with E-state index in [1.54, 1.807) is 13.0 Å². The highest BCUT2D eigenvalue weighted by atomic mass is 19.1. The zero-order chi connectivity index (χ0) is 9.84. The van der Waals surface area contributed by atoms with E-state index < -0.39 is 11.6 Å². The van der Waals surface area contributed by atoms with Gasteiger partial charge in [0.25, 0.3) is 0 Å². The third-order valence-electron chi connectivity index (χ3n) is 1.69. The zero-order valence-corrected chi connectivity index (χ0v) is 7.35. The summed E-state index contributed by atoms with van der Waals surface area (Å²) in [4.78, 5) is 0. The van der Waals surface area contributed by atoms with E-state index in [-0.39, 0.29) is 11.7 Å². The highest BCUT2D eigenvalue weighted by Crippen LogP contribution is 2.18. The lowest BCUT2D eigenvalue weighted by Gasteiger charge is -2.11. The molecule has 0 aliphatic heterocycles. The van der Waals surface area contributed by atoms with E-state index in [1.807, 2.05) is 0 Å². The molecule has 0 spiro atoms. The van der Waals surface area contributed by atoms with E-state index >= 15 is 0 Å². The maximum Gasteiger partial charge on any atom is 0.149 e. The Bertz CT molecular complexity index is 290. The van der Waals surface area contributed by atoms with Crippen LogP contribution in [0.5, 0.6) is 0 Å². The van der Waals surface area contributed by atoms with Gasteiger partial charge in [0.15, 0.2) is 0 Å². The molecule has 1 nitrogen and oxygen atoms in total. The largest absolute Gasteiger partial charge is 0.374 e. The Balaban J connectivity index is 2.93. The number of para-hydroxylation sites is 1. The van der Waals surface area contributed by atoms with Gasteiger partial charge in [0.1, 0.15) is 17.3 Å². The third-order valence-corrected chi connectivity index (χ3v) is 1.69. The Kier molecular flexibility index (Phi) is 3.01. The van der Waals surface area contributed by atoms with Gasteiger partial charge in [0.05, 0.1) is 0 Å². The van der Waals surface area contributed by atoms with Crippen molar-refractivity contribution in [3.63, 3.8) is 0 Å². The predicted octanol–water partition coefficient (Wildman–Crippen LogP) is 2.95. The lowest BCUT2D eigenvalue weighted by molar-refractivity contribution is 0.586. The van der Waals surface area contributed by atoms with Crippen LogP contribution in [0.15, 0.2) is 30.9 Å². The van der Waals surface area contributed by atoms with Crippen molar-refractivity contribution in [1.29, 1.82) is 0 Å². The molecule has 1 N–H and O–H groups in total. The lowest BCUT2D eigenvalue weighted by Crippen LogP contribution is -2.13. The molecular weight excluding hydrogens is 172 g/mol. The first kappa shape index (κ1) is 9.71. The fourth-order valence-electron chi connectivity index (χ4n) is 0.922. The smallest absolute Gasteiger partial charge is 0.149 e. The highest BCUT2D eigenvalue weighted by Gasteiger charge is 2.08. The van der Waals surface area contributed by atoms with E-state index in [1.165, 1.54) is 18.2 Å². The van der Waals surface area contributed by atoms with Crippen molar-refractivity contribution in [2.75, 3.05) is 5.32 Å². The molecule has 0 fully saturated rings. The summed E-state index contributed by atoms with van der Waals surface area (Å²) < 4.78 is 26.0. The van der Waals surface area contributed by atoms with Crippen molar-refractivity contribution in [3.05, 3.63) is 42.5 Å². The molecule has 0 aliphatic rings. The number of nitrogens with one attached hydrogen (secondary N) is 1. The Morgan fingerprint density at radius 3 is 2.38 bits per heavy atom. The van der Waals surface area contributed by atoms with Crippen molar-refractivity contribution < 1.29 is 8.78 Å². The molecule has 1 unspecified atom stereocenters. The summed E-state index contributed by atoms with van der Waals surface area (Å²) in [5.41, 5.74) is -0.102. The second-order valence-electron chi connectivity index (χ2n) is 2.77. The van der Waals surface area contributed by atoms with Crippen LogP contribution >= 0.6 is 0 Å². The Morgan fingerprint density at radius 1 is 1.38 bits per heavy atom. The van der Waals surface area contributed by atoms with Gasteiger partial charge in [-0.1, -0.05) is 12.1 Å². The molecule has 0 radical (unpaired) electrons. The lowest BCUT2D eigenvalue weighted by atomic mass is 10.2. The molecule has 0 aromatic heterocycles. The number of benzene rings is 1. The van der Waals surface area contributed by atoms with E-state index in [2.05, 4.69) is 11.9 Å². The predicted molar refractivity (Wildman–Crippen MR) is 49.6 cm³/mol. The first-order valence-electron chi connectivity index (χ1n) is 3.98. The molecular formula is C10H11F2N. The minimum absolute atomic E-state index is 0.102. The summed E-state index contributed by atoms with van der Waals surface area (Å²) in [7, 11) is 0. The second-order valence-corrected chi connectivity index (χ2v) is 2.77. The van der Waals surface area contributed by atoms with Crippen LogP contribution in [0.25, 0.3) is 0 Å². The molecule has 0 heterocycles. The number of hydrogen-bond acceptors (Lipinski definition) is 1. The molecule has 0 amide bonds. The van der Waals surface area contributed by atoms with Gasteiger partial charge in [0, 0.05) is 6.04 Å². The first-order chi connectivity index (χ1) is 6.15. The molecule has 0 saturated heterocycles. The van der Waals surface area contributed by atoms with Crippen LogP contribution in [-0.2, 0) is 0 Å². The van der Waals surface area contributed by atoms with Gasteiger partial charge in [-0.2, -0.15) is 0 Å². The SMILES string of the molecule is C=CC(C)Nc1c(F)cccc1F. The van der Waals surface area contributed by atoms with Crippen LogP contribution in [-0.4, -0.2) is 6.04 Å².